The van der Waals surface area contributed by atoms with Crippen LogP contribution in [0.1, 0.15) is 0 Å². The summed E-state index contributed by atoms with van der Waals surface area (Å²) in [5, 5.41) is 3.78. The number of urea groups is 1. The van der Waals surface area contributed by atoms with Gasteiger partial charge in [0.1, 0.15) is 0 Å². The van der Waals surface area contributed by atoms with Crippen LogP contribution in [-0.2, 0) is 0 Å². The summed E-state index contributed by atoms with van der Waals surface area (Å²) in [6.07, 6.45) is 0. The highest BCUT2D eigenvalue weighted by Gasteiger charge is 2.02. The molecule has 0 aliphatic carbocycles. The largest absolute Gasteiger partial charge is 0.337 e. The van der Waals surface area contributed by atoms with E-state index in [-0.39, 0.29) is 0 Å². The van der Waals surface area contributed by atoms with Crippen LogP contribution in [0.3, 0.4) is 0 Å². The molecule has 0 aliphatic rings. The zero-order valence-corrected chi connectivity index (χ0v) is 11.3. The number of benzene rings is 2. The quantitative estimate of drug-likeness (QED) is 0.745. The van der Waals surface area contributed by atoms with Gasteiger partial charge in [-0.25, -0.2) is 4.79 Å². The van der Waals surface area contributed by atoms with E-state index >= 15 is 0 Å². The van der Waals surface area contributed by atoms with Crippen molar-refractivity contribution in [3.63, 3.8) is 0 Å². The summed E-state index contributed by atoms with van der Waals surface area (Å²) in [5.74, 6) is 0. The maximum absolute atomic E-state index is 11.6. The standard InChI is InChI=1S/C13H11Cl2N3O/c14-9-5-7-10(8-6-9)16-13(19)18-17-12-4-2-1-3-11(12)15/h1-8,17H,(H2,16,18,19). The van der Waals surface area contributed by atoms with Crippen molar-refractivity contribution in [3.8, 4) is 0 Å². The summed E-state index contributed by atoms with van der Waals surface area (Å²) in [4.78, 5) is 11.6. The van der Waals surface area contributed by atoms with Gasteiger partial charge in [0.15, 0.2) is 0 Å². The van der Waals surface area contributed by atoms with Crippen molar-refractivity contribution >= 4 is 40.6 Å². The third-order valence-electron chi connectivity index (χ3n) is 2.29. The summed E-state index contributed by atoms with van der Waals surface area (Å²) in [7, 11) is 0. The van der Waals surface area contributed by atoms with Gasteiger partial charge in [0, 0.05) is 10.7 Å². The fourth-order valence-electron chi connectivity index (χ4n) is 1.38. The zero-order chi connectivity index (χ0) is 13.7. The first-order chi connectivity index (χ1) is 9.15. The first kappa shape index (κ1) is 13.5. The van der Waals surface area contributed by atoms with Gasteiger partial charge < -0.3 is 5.32 Å². The van der Waals surface area contributed by atoms with Crippen LogP contribution in [0.25, 0.3) is 0 Å². The van der Waals surface area contributed by atoms with E-state index in [1.807, 2.05) is 6.07 Å². The van der Waals surface area contributed by atoms with Gasteiger partial charge in [-0.1, -0.05) is 35.3 Å². The number of hydrogen-bond acceptors (Lipinski definition) is 2. The van der Waals surface area contributed by atoms with Crippen molar-refractivity contribution in [3.05, 3.63) is 58.6 Å². The maximum Gasteiger partial charge on any atom is 0.337 e. The Morgan fingerprint density at radius 2 is 1.63 bits per heavy atom. The van der Waals surface area contributed by atoms with Crippen molar-refractivity contribution in [2.75, 3.05) is 10.7 Å². The molecule has 3 N–H and O–H groups in total. The normalized spacial score (nSPS) is 9.79. The Balaban J connectivity index is 1.88. The topological polar surface area (TPSA) is 53.2 Å². The molecule has 0 aromatic heterocycles. The molecule has 0 aliphatic heterocycles. The molecule has 2 aromatic carbocycles. The van der Waals surface area contributed by atoms with E-state index in [2.05, 4.69) is 16.2 Å². The SMILES string of the molecule is O=C(NNc1ccccc1Cl)Nc1ccc(Cl)cc1. The fourth-order valence-corrected chi connectivity index (χ4v) is 1.69. The first-order valence-electron chi connectivity index (χ1n) is 5.48. The molecule has 2 rings (SSSR count). The van der Waals surface area contributed by atoms with Crippen molar-refractivity contribution < 1.29 is 4.79 Å². The highest BCUT2D eigenvalue weighted by atomic mass is 35.5. The van der Waals surface area contributed by atoms with Crippen LogP contribution in [0.5, 0.6) is 0 Å². The van der Waals surface area contributed by atoms with E-state index in [1.54, 1.807) is 42.5 Å². The number of amides is 2. The Labute approximate surface area is 120 Å². The molecular weight excluding hydrogens is 285 g/mol. The van der Waals surface area contributed by atoms with Gasteiger partial charge in [0.05, 0.1) is 10.7 Å². The van der Waals surface area contributed by atoms with E-state index in [0.29, 0.717) is 21.4 Å². The number of halogens is 2. The molecule has 0 saturated carbocycles. The Hall–Kier alpha value is -1.91. The lowest BCUT2D eigenvalue weighted by atomic mass is 10.3. The average Bonchev–Trinajstić information content (AvgIpc) is 2.40. The molecular formula is C13H11Cl2N3O. The number of para-hydroxylation sites is 1. The van der Waals surface area contributed by atoms with Crippen molar-refractivity contribution in [1.29, 1.82) is 0 Å². The minimum absolute atomic E-state index is 0.401. The minimum Gasteiger partial charge on any atom is -0.307 e. The maximum atomic E-state index is 11.6. The summed E-state index contributed by atoms with van der Waals surface area (Å²) in [6.45, 7) is 0. The van der Waals surface area contributed by atoms with Crippen molar-refractivity contribution in [2.24, 2.45) is 0 Å². The summed E-state index contributed by atoms with van der Waals surface area (Å²) >= 11 is 11.7. The van der Waals surface area contributed by atoms with E-state index in [4.69, 9.17) is 23.2 Å². The molecule has 0 radical (unpaired) electrons. The third kappa shape index (κ3) is 4.05. The summed E-state index contributed by atoms with van der Waals surface area (Å²) < 4.78 is 0. The lowest BCUT2D eigenvalue weighted by molar-refractivity contribution is 0.254. The smallest absolute Gasteiger partial charge is 0.307 e. The molecule has 2 amide bonds. The minimum atomic E-state index is -0.401. The first-order valence-corrected chi connectivity index (χ1v) is 6.24. The number of hydrazine groups is 1. The van der Waals surface area contributed by atoms with Crippen molar-refractivity contribution in [1.82, 2.24) is 5.43 Å². The highest BCUT2D eigenvalue weighted by molar-refractivity contribution is 6.33. The number of hydrogen-bond donors (Lipinski definition) is 3. The number of carbonyl (C=O) groups is 1. The monoisotopic (exact) mass is 295 g/mol. The van der Waals surface area contributed by atoms with Crippen LogP contribution in [0.4, 0.5) is 16.2 Å². The second-order valence-electron chi connectivity index (χ2n) is 3.69. The molecule has 0 bridgehead atoms. The average molecular weight is 296 g/mol. The second-order valence-corrected chi connectivity index (χ2v) is 4.53. The van der Waals surface area contributed by atoms with Crippen LogP contribution in [0, 0.1) is 0 Å². The third-order valence-corrected chi connectivity index (χ3v) is 2.87. The lowest BCUT2D eigenvalue weighted by Gasteiger charge is -2.10. The van der Waals surface area contributed by atoms with Crippen LogP contribution in [0.2, 0.25) is 10.0 Å². The Kier molecular flexibility index (Phi) is 4.49. The molecule has 0 saturated heterocycles. The Bertz CT molecular complexity index is 572. The number of rotatable bonds is 3. The van der Waals surface area contributed by atoms with Crippen LogP contribution >= 0.6 is 23.2 Å². The van der Waals surface area contributed by atoms with Gasteiger partial charge in [-0.05, 0) is 36.4 Å². The van der Waals surface area contributed by atoms with Gasteiger partial charge >= 0.3 is 6.03 Å². The van der Waals surface area contributed by atoms with Gasteiger partial charge in [-0.3, -0.25) is 10.9 Å². The summed E-state index contributed by atoms with van der Waals surface area (Å²) in [6, 6.07) is 13.5. The number of nitrogens with one attached hydrogen (secondary N) is 3. The van der Waals surface area contributed by atoms with Crippen LogP contribution in [0.15, 0.2) is 48.5 Å². The zero-order valence-electron chi connectivity index (χ0n) is 9.78. The van der Waals surface area contributed by atoms with Gasteiger partial charge in [0.2, 0.25) is 0 Å². The lowest BCUT2D eigenvalue weighted by Crippen LogP contribution is -2.33. The van der Waals surface area contributed by atoms with Crippen LogP contribution < -0.4 is 16.2 Å². The van der Waals surface area contributed by atoms with Crippen molar-refractivity contribution in [2.45, 2.75) is 0 Å². The van der Waals surface area contributed by atoms with Gasteiger partial charge in [-0.15, -0.1) is 0 Å². The fraction of sp³-hybridized carbons (Fsp3) is 0. The molecule has 6 heteroatoms. The Morgan fingerprint density at radius 1 is 0.947 bits per heavy atom. The summed E-state index contributed by atoms with van der Waals surface area (Å²) in [5.41, 5.74) is 6.47. The second kappa shape index (κ2) is 6.31. The molecule has 0 spiro atoms. The van der Waals surface area contributed by atoms with E-state index in [9.17, 15) is 4.79 Å². The molecule has 0 atom stereocenters. The van der Waals surface area contributed by atoms with Gasteiger partial charge in [0.25, 0.3) is 0 Å². The molecule has 0 fully saturated rings. The molecule has 4 nitrogen and oxygen atoms in total. The van der Waals surface area contributed by atoms with E-state index in [0.717, 1.165) is 0 Å². The predicted molar refractivity (Wildman–Crippen MR) is 78.7 cm³/mol. The molecule has 19 heavy (non-hydrogen) atoms. The van der Waals surface area contributed by atoms with E-state index in [1.165, 1.54) is 0 Å². The Morgan fingerprint density at radius 3 is 2.32 bits per heavy atom. The molecule has 2 aromatic rings. The molecule has 0 heterocycles. The van der Waals surface area contributed by atoms with Gasteiger partial charge in [-0.2, -0.15) is 0 Å². The number of anilines is 2. The molecule has 0 unspecified atom stereocenters. The molecule has 98 valence electrons. The van der Waals surface area contributed by atoms with E-state index < -0.39 is 6.03 Å². The van der Waals surface area contributed by atoms with Crippen LogP contribution in [-0.4, -0.2) is 6.03 Å². The highest BCUT2D eigenvalue weighted by Crippen LogP contribution is 2.19. The number of carbonyl (C=O) groups excluding carboxylic acids is 1. The predicted octanol–water partition coefficient (Wildman–Crippen LogP) is 4.14.